The zero-order chi connectivity index (χ0) is 20.0. The third-order valence-corrected chi connectivity index (χ3v) is 3.41. The molecule has 27 heavy (non-hydrogen) atoms. The molecule has 3 N–H and O–H groups in total. The van der Waals surface area contributed by atoms with Gasteiger partial charge in [-0.05, 0) is 62.2 Å². The number of nitrogens with one attached hydrogen (secondary N) is 1. The van der Waals surface area contributed by atoms with Gasteiger partial charge in [-0.1, -0.05) is 12.1 Å². The summed E-state index contributed by atoms with van der Waals surface area (Å²) in [5.74, 6) is -0.540. The molecule has 7 heteroatoms. The van der Waals surface area contributed by atoms with Crippen molar-refractivity contribution in [3.8, 4) is 16.9 Å². The Balaban J connectivity index is 2.04. The van der Waals surface area contributed by atoms with Crippen LogP contribution >= 0.6 is 0 Å². The first kappa shape index (κ1) is 20.2. The van der Waals surface area contributed by atoms with Gasteiger partial charge < -0.3 is 20.5 Å². The van der Waals surface area contributed by atoms with E-state index in [1.54, 1.807) is 45.0 Å². The van der Waals surface area contributed by atoms with Crippen molar-refractivity contribution in [3.63, 3.8) is 0 Å². The summed E-state index contributed by atoms with van der Waals surface area (Å²) >= 11 is 0. The topological polar surface area (TPSA) is 90.7 Å². The van der Waals surface area contributed by atoms with E-state index in [0.29, 0.717) is 11.3 Å². The molecule has 0 aliphatic rings. The molecule has 0 heterocycles. The van der Waals surface area contributed by atoms with Crippen LogP contribution in [-0.4, -0.2) is 30.8 Å². The van der Waals surface area contributed by atoms with Crippen LogP contribution < -0.4 is 15.8 Å². The lowest BCUT2D eigenvalue weighted by Crippen LogP contribution is -2.34. The Bertz CT molecular complexity index is 814. The van der Waals surface area contributed by atoms with Crippen LogP contribution in [0, 0.1) is 5.82 Å². The number of carbonyl (C=O) groups is 2. The van der Waals surface area contributed by atoms with E-state index in [4.69, 9.17) is 15.2 Å². The Morgan fingerprint density at radius 3 is 2.33 bits per heavy atom. The van der Waals surface area contributed by atoms with Gasteiger partial charge >= 0.3 is 6.09 Å². The van der Waals surface area contributed by atoms with Crippen LogP contribution in [0.25, 0.3) is 11.1 Å². The highest BCUT2D eigenvalue weighted by Gasteiger charge is 2.15. The number of alkyl carbamates (subject to hydrolysis) is 1. The van der Waals surface area contributed by atoms with Gasteiger partial charge in [-0.25, -0.2) is 9.18 Å². The number of rotatable bonds is 6. The van der Waals surface area contributed by atoms with Crippen molar-refractivity contribution in [1.29, 1.82) is 0 Å². The van der Waals surface area contributed by atoms with Crippen molar-refractivity contribution in [3.05, 3.63) is 53.8 Å². The van der Waals surface area contributed by atoms with Crippen LogP contribution in [0.1, 0.15) is 31.1 Å². The summed E-state index contributed by atoms with van der Waals surface area (Å²) in [6, 6.07) is 10.7. The molecule has 0 bridgehead atoms. The highest BCUT2D eigenvalue weighted by atomic mass is 19.1. The molecule has 6 nitrogen and oxygen atoms in total. The Labute approximate surface area is 157 Å². The van der Waals surface area contributed by atoms with Gasteiger partial charge in [0.15, 0.2) is 0 Å². The van der Waals surface area contributed by atoms with Gasteiger partial charge in [-0.15, -0.1) is 0 Å². The van der Waals surface area contributed by atoms with E-state index in [1.165, 1.54) is 18.2 Å². The number of halogens is 1. The highest BCUT2D eigenvalue weighted by molar-refractivity contribution is 5.94. The first-order chi connectivity index (χ1) is 12.6. The predicted octanol–water partition coefficient (Wildman–Crippen LogP) is 3.50. The molecule has 2 aromatic carbocycles. The number of hydrogen-bond donors (Lipinski definition) is 2. The molecule has 2 rings (SSSR count). The van der Waals surface area contributed by atoms with Gasteiger partial charge in [-0.2, -0.15) is 0 Å². The molecule has 0 aliphatic heterocycles. The standard InChI is InChI=1S/C20H23FN2O4/c1-20(2,3)27-19(25)23-8-9-26-17-11-14(10-15(12-17)18(22)24)13-4-6-16(21)7-5-13/h4-7,10-12H,8-9H2,1-3H3,(H2,22,24)(H,23,25). The fraction of sp³-hybridized carbons (Fsp3) is 0.300. The van der Waals surface area contributed by atoms with E-state index in [0.717, 1.165) is 5.56 Å². The average molecular weight is 374 g/mol. The maximum Gasteiger partial charge on any atom is 0.407 e. The molecule has 0 spiro atoms. The van der Waals surface area contributed by atoms with Crippen LogP contribution in [0.15, 0.2) is 42.5 Å². The molecule has 0 radical (unpaired) electrons. The van der Waals surface area contributed by atoms with E-state index in [9.17, 15) is 14.0 Å². The predicted molar refractivity (Wildman–Crippen MR) is 100 cm³/mol. The van der Waals surface area contributed by atoms with Crippen molar-refractivity contribution in [2.45, 2.75) is 26.4 Å². The summed E-state index contributed by atoms with van der Waals surface area (Å²) in [6.07, 6.45) is -0.538. The lowest BCUT2D eigenvalue weighted by molar-refractivity contribution is 0.0520. The quantitative estimate of drug-likeness (QED) is 0.757. The number of primary amides is 1. The van der Waals surface area contributed by atoms with Crippen LogP contribution in [0.5, 0.6) is 5.75 Å². The maximum atomic E-state index is 13.1. The maximum absolute atomic E-state index is 13.1. The average Bonchev–Trinajstić information content (AvgIpc) is 2.57. The summed E-state index contributed by atoms with van der Waals surface area (Å²) in [7, 11) is 0. The number of nitrogens with two attached hydrogens (primary N) is 1. The van der Waals surface area contributed by atoms with Gasteiger partial charge in [0.2, 0.25) is 5.91 Å². The third-order valence-electron chi connectivity index (χ3n) is 3.41. The molecule has 0 aromatic heterocycles. The summed E-state index contributed by atoms with van der Waals surface area (Å²) in [4.78, 5) is 23.2. The van der Waals surface area contributed by atoms with Crippen molar-refractivity contribution in [2.75, 3.05) is 13.2 Å². The first-order valence-corrected chi connectivity index (χ1v) is 8.44. The lowest BCUT2D eigenvalue weighted by Gasteiger charge is -2.19. The molecular weight excluding hydrogens is 351 g/mol. The monoisotopic (exact) mass is 374 g/mol. The molecule has 0 saturated carbocycles. The minimum atomic E-state index is -0.601. The second-order valence-corrected chi connectivity index (χ2v) is 6.89. The lowest BCUT2D eigenvalue weighted by atomic mass is 10.0. The summed E-state index contributed by atoms with van der Waals surface area (Å²) in [6.45, 7) is 5.71. The molecule has 0 unspecified atom stereocenters. The van der Waals surface area contributed by atoms with Crippen molar-refractivity contribution < 1.29 is 23.5 Å². The largest absolute Gasteiger partial charge is 0.492 e. The fourth-order valence-corrected chi connectivity index (χ4v) is 2.27. The Morgan fingerprint density at radius 2 is 1.74 bits per heavy atom. The van der Waals surface area contributed by atoms with Gasteiger partial charge in [0.05, 0.1) is 6.54 Å². The normalized spacial score (nSPS) is 11.0. The highest BCUT2D eigenvalue weighted by Crippen LogP contribution is 2.26. The molecule has 0 atom stereocenters. The van der Waals surface area contributed by atoms with E-state index in [1.807, 2.05) is 0 Å². The van der Waals surface area contributed by atoms with Crippen molar-refractivity contribution >= 4 is 12.0 Å². The zero-order valence-electron chi connectivity index (χ0n) is 15.5. The molecule has 144 valence electrons. The zero-order valence-corrected chi connectivity index (χ0v) is 15.5. The number of carbonyl (C=O) groups excluding carboxylic acids is 2. The SMILES string of the molecule is CC(C)(C)OC(=O)NCCOc1cc(C(N)=O)cc(-c2ccc(F)cc2)c1. The van der Waals surface area contributed by atoms with Gasteiger partial charge in [0.25, 0.3) is 0 Å². The number of benzene rings is 2. The Morgan fingerprint density at radius 1 is 1.07 bits per heavy atom. The first-order valence-electron chi connectivity index (χ1n) is 8.44. The number of ether oxygens (including phenoxy) is 2. The van der Waals surface area contributed by atoms with Crippen LogP contribution in [-0.2, 0) is 4.74 Å². The minimum Gasteiger partial charge on any atom is -0.492 e. The molecule has 2 aromatic rings. The van der Waals surface area contributed by atoms with E-state index in [2.05, 4.69) is 5.32 Å². The van der Waals surface area contributed by atoms with E-state index in [-0.39, 0.29) is 24.5 Å². The second kappa shape index (κ2) is 8.53. The van der Waals surface area contributed by atoms with Crippen molar-refractivity contribution in [2.24, 2.45) is 5.73 Å². The van der Waals surface area contributed by atoms with Gasteiger partial charge in [-0.3, -0.25) is 4.79 Å². The van der Waals surface area contributed by atoms with Gasteiger partial charge in [0, 0.05) is 5.56 Å². The second-order valence-electron chi connectivity index (χ2n) is 6.89. The third kappa shape index (κ3) is 6.62. The summed E-state index contributed by atoms with van der Waals surface area (Å²) in [5.41, 5.74) is 6.46. The molecular formula is C20H23FN2O4. The van der Waals surface area contributed by atoms with Crippen LogP contribution in [0.3, 0.4) is 0 Å². The molecule has 0 saturated heterocycles. The van der Waals surface area contributed by atoms with Crippen LogP contribution in [0.2, 0.25) is 0 Å². The number of amides is 2. The summed E-state index contributed by atoms with van der Waals surface area (Å²) < 4.78 is 23.9. The van der Waals surface area contributed by atoms with E-state index >= 15 is 0 Å². The summed E-state index contributed by atoms with van der Waals surface area (Å²) in [5, 5.41) is 2.58. The minimum absolute atomic E-state index is 0.171. The Kier molecular flexibility index (Phi) is 6.39. The fourth-order valence-electron chi connectivity index (χ4n) is 2.27. The van der Waals surface area contributed by atoms with Crippen LogP contribution in [0.4, 0.5) is 9.18 Å². The van der Waals surface area contributed by atoms with Gasteiger partial charge in [0.1, 0.15) is 23.8 Å². The smallest absolute Gasteiger partial charge is 0.407 e. The van der Waals surface area contributed by atoms with E-state index < -0.39 is 17.6 Å². The van der Waals surface area contributed by atoms with Crippen molar-refractivity contribution in [1.82, 2.24) is 5.32 Å². The number of hydrogen-bond acceptors (Lipinski definition) is 4. The molecule has 0 aliphatic carbocycles. The Hall–Kier alpha value is -3.09. The molecule has 2 amide bonds. The molecule has 0 fully saturated rings.